The molecule has 0 aliphatic carbocycles. The van der Waals surface area contributed by atoms with Crippen LogP contribution in [0.3, 0.4) is 0 Å². The fraction of sp³-hybridized carbons (Fsp3) is 0.333. The first kappa shape index (κ1) is 15.8. The quantitative estimate of drug-likeness (QED) is 0.938. The summed E-state index contributed by atoms with van der Waals surface area (Å²) >= 11 is 5.99. The molecule has 2 heterocycles. The van der Waals surface area contributed by atoms with Crippen molar-refractivity contribution in [1.82, 2.24) is 10.3 Å². The lowest BCUT2D eigenvalue weighted by Gasteiger charge is -2.28. The van der Waals surface area contributed by atoms with Crippen molar-refractivity contribution in [2.24, 2.45) is 0 Å². The highest BCUT2D eigenvalue weighted by Gasteiger charge is 2.33. The van der Waals surface area contributed by atoms with Crippen LogP contribution >= 0.6 is 11.6 Å². The summed E-state index contributed by atoms with van der Waals surface area (Å²) in [5.74, 6) is 0.590. The number of carbonyl (C=O) groups excluding carboxylic acids is 1. The minimum Gasteiger partial charge on any atom is -0.480 e. The van der Waals surface area contributed by atoms with Gasteiger partial charge >= 0.3 is 0 Å². The number of carbonyl (C=O) groups is 1. The Balaban J connectivity index is 1.71. The summed E-state index contributed by atoms with van der Waals surface area (Å²) in [6.07, 6.45) is 1.80. The normalized spacial score (nSPS) is 16.6. The van der Waals surface area contributed by atoms with Gasteiger partial charge in [0, 0.05) is 23.3 Å². The molecule has 3 rings (SSSR count). The van der Waals surface area contributed by atoms with Gasteiger partial charge < -0.3 is 10.1 Å². The Labute approximate surface area is 140 Å². The zero-order chi connectivity index (χ0) is 16.6. The van der Waals surface area contributed by atoms with Gasteiger partial charge in [0.25, 0.3) is 5.91 Å². The molecule has 2 aromatic rings. The molecule has 0 spiro atoms. The third-order valence-electron chi connectivity index (χ3n) is 4.06. The summed E-state index contributed by atoms with van der Waals surface area (Å²) in [6.45, 7) is 5.84. The third kappa shape index (κ3) is 3.32. The van der Waals surface area contributed by atoms with Crippen molar-refractivity contribution in [3.05, 3.63) is 58.4 Å². The highest BCUT2D eigenvalue weighted by Crippen LogP contribution is 2.31. The Morgan fingerprint density at radius 1 is 1.35 bits per heavy atom. The Morgan fingerprint density at radius 3 is 2.83 bits per heavy atom. The van der Waals surface area contributed by atoms with Gasteiger partial charge in [-0.25, -0.2) is 0 Å². The Bertz CT molecular complexity index is 741. The van der Waals surface area contributed by atoms with Crippen molar-refractivity contribution in [2.75, 3.05) is 0 Å². The number of rotatable bonds is 3. The van der Waals surface area contributed by atoms with Gasteiger partial charge in [-0.05, 0) is 56.2 Å². The molecule has 4 nitrogen and oxygen atoms in total. The molecular weight excluding hydrogens is 312 g/mol. The van der Waals surface area contributed by atoms with Gasteiger partial charge in [0.1, 0.15) is 5.75 Å². The van der Waals surface area contributed by atoms with Crippen LogP contribution in [0.4, 0.5) is 0 Å². The predicted molar refractivity (Wildman–Crippen MR) is 89.7 cm³/mol. The van der Waals surface area contributed by atoms with Crippen LogP contribution in [0.25, 0.3) is 0 Å². The van der Waals surface area contributed by atoms with Gasteiger partial charge in [-0.15, -0.1) is 0 Å². The van der Waals surface area contributed by atoms with Gasteiger partial charge in [0.2, 0.25) is 0 Å². The lowest BCUT2D eigenvalue weighted by Crippen LogP contribution is -2.47. The molecule has 1 amide bonds. The maximum atomic E-state index is 12.6. The van der Waals surface area contributed by atoms with Crippen LogP contribution in [0.15, 0.2) is 36.5 Å². The number of halogens is 1. The van der Waals surface area contributed by atoms with E-state index in [-0.39, 0.29) is 5.91 Å². The highest BCUT2D eigenvalue weighted by atomic mass is 35.5. The number of amides is 1. The molecular formula is C18H19ClN2O2. The second-order valence-corrected chi connectivity index (χ2v) is 6.80. The highest BCUT2D eigenvalue weighted by molar-refractivity contribution is 6.30. The molecule has 0 fully saturated rings. The minimum absolute atomic E-state index is 0.136. The number of hydrogen-bond donors (Lipinski definition) is 1. The zero-order valence-electron chi connectivity index (χ0n) is 13.4. The first-order valence-corrected chi connectivity index (χ1v) is 7.93. The average Bonchev–Trinajstić information content (AvgIpc) is 2.90. The van der Waals surface area contributed by atoms with Crippen LogP contribution in [0.5, 0.6) is 5.75 Å². The monoisotopic (exact) mass is 330 g/mol. The van der Waals surface area contributed by atoms with Crippen LogP contribution in [-0.2, 0) is 16.8 Å². The molecule has 23 heavy (non-hydrogen) atoms. The van der Waals surface area contributed by atoms with E-state index in [4.69, 9.17) is 16.3 Å². The van der Waals surface area contributed by atoms with Gasteiger partial charge in [0.05, 0.1) is 5.54 Å². The Morgan fingerprint density at radius 2 is 2.13 bits per heavy atom. The number of nitrogens with zero attached hydrogens (tertiary/aromatic N) is 1. The number of pyridine rings is 1. The molecule has 0 saturated heterocycles. The third-order valence-corrected chi connectivity index (χ3v) is 4.29. The maximum Gasteiger partial charge on any atom is 0.262 e. The number of ether oxygens (including phenoxy) is 1. The summed E-state index contributed by atoms with van der Waals surface area (Å²) in [7, 11) is 0. The van der Waals surface area contributed by atoms with Gasteiger partial charge in [0.15, 0.2) is 6.10 Å². The van der Waals surface area contributed by atoms with Crippen LogP contribution in [0.2, 0.25) is 5.02 Å². The summed E-state index contributed by atoms with van der Waals surface area (Å²) in [5, 5.41) is 3.70. The van der Waals surface area contributed by atoms with Crippen LogP contribution in [0, 0.1) is 6.92 Å². The Kier molecular flexibility index (Phi) is 4.02. The molecule has 120 valence electrons. The number of fused-ring (bicyclic) bond motifs is 1. The standard InChI is InChI=1S/C18H19ClN2O2/c1-11-4-5-13(10-20-11)18(2,3)21-17(22)16-9-12-8-14(19)6-7-15(12)23-16/h4-8,10,16H,9H2,1-3H3,(H,21,22). The van der Waals surface area contributed by atoms with E-state index in [0.717, 1.165) is 22.6 Å². The number of aryl methyl sites for hydroxylation is 1. The molecule has 0 saturated carbocycles. The number of benzene rings is 1. The molecule has 0 bridgehead atoms. The van der Waals surface area contributed by atoms with E-state index in [1.165, 1.54) is 0 Å². The second kappa shape index (κ2) is 5.85. The fourth-order valence-corrected chi connectivity index (χ4v) is 2.86. The van der Waals surface area contributed by atoms with Crippen LogP contribution in [0.1, 0.15) is 30.7 Å². The smallest absolute Gasteiger partial charge is 0.262 e. The molecule has 1 atom stereocenters. The number of hydrogen-bond acceptors (Lipinski definition) is 3. The SMILES string of the molecule is Cc1ccc(C(C)(C)NC(=O)C2Cc3cc(Cl)ccc3O2)cn1. The topological polar surface area (TPSA) is 51.2 Å². The lowest BCUT2D eigenvalue weighted by atomic mass is 9.95. The van der Waals surface area contributed by atoms with E-state index in [1.807, 2.05) is 39.0 Å². The molecule has 1 aromatic carbocycles. The van der Waals surface area contributed by atoms with Crippen molar-refractivity contribution in [3.8, 4) is 5.75 Å². The molecule has 1 aliphatic heterocycles. The summed E-state index contributed by atoms with van der Waals surface area (Å²) in [4.78, 5) is 16.9. The van der Waals surface area contributed by atoms with Crippen molar-refractivity contribution < 1.29 is 9.53 Å². The van der Waals surface area contributed by atoms with E-state index in [2.05, 4.69) is 10.3 Å². The van der Waals surface area contributed by atoms with Gasteiger partial charge in [-0.3, -0.25) is 9.78 Å². The fourth-order valence-electron chi connectivity index (χ4n) is 2.66. The van der Waals surface area contributed by atoms with Gasteiger partial charge in [-0.2, -0.15) is 0 Å². The van der Waals surface area contributed by atoms with E-state index in [0.29, 0.717) is 11.4 Å². The van der Waals surface area contributed by atoms with E-state index >= 15 is 0 Å². The van der Waals surface area contributed by atoms with E-state index in [9.17, 15) is 4.79 Å². The minimum atomic E-state index is -0.527. The second-order valence-electron chi connectivity index (χ2n) is 6.37. The van der Waals surface area contributed by atoms with Crippen molar-refractivity contribution in [1.29, 1.82) is 0 Å². The average molecular weight is 331 g/mol. The van der Waals surface area contributed by atoms with Gasteiger partial charge in [-0.1, -0.05) is 17.7 Å². The largest absolute Gasteiger partial charge is 0.480 e. The van der Waals surface area contributed by atoms with E-state index < -0.39 is 11.6 Å². The first-order chi connectivity index (χ1) is 10.8. The first-order valence-electron chi connectivity index (χ1n) is 7.55. The zero-order valence-corrected chi connectivity index (χ0v) is 14.1. The van der Waals surface area contributed by atoms with Crippen molar-refractivity contribution in [3.63, 3.8) is 0 Å². The maximum absolute atomic E-state index is 12.6. The molecule has 1 aromatic heterocycles. The molecule has 1 aliphatic rings. The molecule has 1 unspecified atom stereocenters. The molecule has 5 heteroatoms. The van der Waals surface area contributed by atoms with Crippen molar-refractivity contribution in [2.45, 2.75) is 38.8 Å². The molecule has 1 N–H and O–H groups in total. The number of nitrogens with one attached hydrogen (secondary N) is 1. The number of aromatic nitrogens is 1. The lowest BCUT2D eigenvalue weighted by molar-refractivity contribution is -0.129. The van der Waals surface area contributed by atoms with Crippen LogP contribution in [-0.4, -0.2) is 17.0 Å². The summed E-state index contributed by atoms with van der Waals surface area (Å²) < 4.78 is 5.74. The summed E-state index contributed by atoms with van der Waals surface area (Å²) in [6, 6.07) is 9.33. The predicted octanol–water partition coefficient (Wildman–Crippen LogP) is 3.40. The molecule has 0 radical (unpaired) electrons. The van der Waals surface area contributed by atoms with Crippen molar-refractivity contribution >= 4 is 17.5 Å². The van der Waals surface area contributed by atoms with E-state index in [1.54, 1.807) is 18.3 Å². The summed E-state index contributed by atoms with van der Waals surface area (Å²) in [5.41, 5.74) is 2.35. The Hall–Kier alpha value is -2.07. The van der Waals surface area contributed by atoms with Crippen LogP contribution < -0.4 is 10.1 Å².